The van der Waals surface area contributed by atoms with Gasteiger partial charge in [0.2, 0.25) is 0 Å². The first kappa shape index (κ1) is 20.6. The van der Waals surface area contributed by atoms with Crippen LogP contribution in [0, 0.1) is 0 Å². The monoisotopic (exact) mass is 395 g/mol. The number of nitrogens with zero attached hydrogens (tertiary/aromatic N) is 3. The first-order chi connectivity index (χ1) is 14.2. The quantitative estimate of drug-likeness (QED) is 0.427. The van der Waals surface area contributed by atoms with E-state index in [0.29, 0.717) is 24.6 Å². The van der Waals surface area contributed by atoms with Crippen LogP contribution in [0.2, 0.25) is 0 Å². The fourth-order valence-electron chi connectivity index (χ4n) is 3.46. The molecule has 29 heavy (non-hydrogen) atoms. The van der Waals surface area contributed by atoms with Crippen molar-refractivity contribution in [3.8, 4) is 5.75 Å². The number of methoxy groups -OCH3 is 1. The molecule has 1 aromatic heterocycles. The number of hydrogen-bond donors (Lipinski definition) is 2. The molecule has 0 aliphatic carbocycles. The van der Waals surface area contributed by atoms with Gasteiger partial charge in [0.15, 0.2) is 5.96 Å². The number of ether oxygens (including phenoxy) is 1. The highest BCUT2D eigenvalue weighted by Gasteiger charge is 2.26. The number of nitrogens with one attached hydrogen (secondary N) is 2. The summed E-state index contributed by atoms with van der Waals surface area (Å²) in [4.78, 5) is 23.0. The largest absolute Gasteiger partial charge is 0.497 e. The van der Waals surface area contributed by atoms with Crippen LogP contribution in [-0.2, 0) is 0 Å². The minimum atomic E-state index is -0.126. The minimum Gasteiger partial charge on any atom is -0.497 e. The topological polar surface area (TPSA) is 78.8 Å². The Bertz CT molecular complexity index is 808. The van der Waals surface area contributed by atoms with Crippen molar-refractivity contribution >= 4 is 11.9 Å². The molecule has 2 aromatic rings. The molecule has 7 heteroatoms. The summed E-state index contributed by atoms with van der Waals surface area (Å²) in [6.45, 7) is 5.78. The van der Waals surface area contributed by atoms with Crippen molar-refractivity contribution in [3.05, 3.63) is 59.9 Å². The molecule has 1 unspecified atom stereocenters. The van der Waals surface area contributed by atoms with E-state index in [9.17, 15) is 4.79 Å². The van der Waals surface area contributed by atoms with Crippen molar-refractivity contribution < 1.29 is 9.53 Å². The number of amides is 1. The lowest BCUT2D eigenvalue weighted by molar-refractivity contribution is 0.0954. The standard InChI is InChI=1S/C22H29N5O2/c1-3-24-22(26-13-12-25-21(28)18-5-4-11-23-15-18)27-14-10-19(16-27)17-6-8-20(29-2)9-7-17/h4-9,11,15,19H,3,10,12-14,16H2,1-2H3,(H,24,26)(H,25,28). The Kier molecular flexibility index (Phi) is 7.44. The zero-order valence-corrected chi connectivity index (χ0v) is 17.1. The number of carbonyl (C=O) groups is 1. The van der Waals surface area contributed by atoms with Crippen molar-refractivity contribution in [2.75, 3.05) is 39.8 Å². The van der Waals surface area contributed by atoms with Gasteiger partial charge in [0, 0.05) is 44.5 Å². The maximum atomic E-state index is 12.1. The number of carbonyl (C=O) groups excluding carboxylic acids is 1. The summed E-state index contributed by atoms with van der Waals surface area (Å²) in [6.07, 6.45) is 4.31. The van der Waals surface area contributed by atoms with E-state index in [2.05, 4.69) is 39.6 Å². The first-order valence-electron chi connectivity index (χ1n) is 10.1. The number of aromatic nitrogens is 1. The van der Waals surface area contributed by atoms with Gasteiger partial charge >= 0.3 is 0 Å². The number of rotatable bonds is 7. The van der Waals surface area contributed by atoms with Crippen LogP contribution in [0.25, 0.3) is 0 Å². The molecule has 1 aliphatic heterocycles. The Balaban J connectivity index is 1.52. The smallest absolute Gasteiger partial charge is 0.252 e. The summed E-state index contributed by atoms with van der Waals surface area (Å²) in [7, 11) is 1.69. The molecule has 2 N–H and O–H groups in total. The van der Waals surface area contributed by atoms with Gasteiger partial charge in [-0.3, -0.25) is 14.8 Å². The normalized spacial score (nSPS) is 16.6. The number of likely N-dealkylation sites (tertiary alicyclic amines) is 1. The van der Waals surface area contributed by atoms with Gasteiger partial charge in [-0.2, -0.15) is 0 Å². The van der Waals surface area contributed by atoms with Crippen molar-refractivity contribution in [3.63, 3.8) is 0 Å². The van der Waals surface area contributed by atoms with Crippen LogP contribution in [-0.4, -0.2) is 61.6 Å². The van der Waals surface area contributed by atoms with Gasteiger partial charge < -0.3 is 20.3 Å². The molecule has 0 saturated carbocycles. The molecule has 1 saturated heterocycles. The number of pyridine rings is 1. The lowest BCUT2D eigenvalue weighted by Gasteiger charge is -2.22. The molecule has 1 fully saturated rings. The van der Waals surface area contributed by atoms with Gasteiger partial charge in [-0.25, -0.2) is 0 Å². The van der Waals surface area contributed by atoms with E-state index < -0.39 is 0 Å². The highest BCUT2D eigenvalue weighted by Crippen LogP contribution is 2.28. The van der Waals surface area contributed by atoms with Gasteiger partial charge in [0.1, 0.15) is 5.75 Å². The number of guanidine groups is 1. The van der Waals surface area contributed by atoms with Gasteiger partial charge in [-0.15, -0.1) is 0 Å². The predicted octanol–water partition coefficient (Wildman–Crippen LogP) is 2.28. The molecule has 154 valence electrons. The molecular formula is C22H29N5O2. The van der Waals surface area contributed by atoms with E-state index in [-0.39, 0.29) is 5.91 Å². The zero-order chi connectivity index (χ0) is 20.5. The van der Waals surface area contributed by atoms with E-state index in [1.54, 1.807) is 31.6 Å². The predicted molar refractivity (Wildman–Crippen MR) is 114 cm³/mol. The molecule has 1 amide bonds. The number of aliphatic imine (C=N–C) groups is 1. The summed E-state index contributed by atoms with van der Waals surface area (Å²) in [5.41, 5.74) is 1.89. The Morgan fingerprint density at radius 1 is 1.28 bits per heavy atom. The van der Waals surface area contributed by atoms with Crippen LogP contribution in [0.5, 0.6) is 5.75 Å². The SMILES string of the molecule is CCNC(=NCCNC(=O)c1cccnc1)N1CCC(c2ccc(OC)cc2)C1. The van der Waals surface area contributed by atoms with Crippen molar-refractivity contribution in [1.82, 2.24) is 20.5 Å². The summed E-state index contributed by atoms with van der Waals surface area (Å²) < 4.78 is 5.25. The minimum absolute atomic E-state index is 0.126. The summed E-state index contributed by atoms with van der Waals surface area (Å²) >= 11 is 0. The Hall–Kier alpha value is -3.09. The van der Waals surface area contributed by atoms with Gasteiger partial charge in [-0.05, 0) is 43.2 Å². The van der Waals surface area contributed by atoms with Crippen LogP contribution in [0.3, 0.4) is 0 Å². The van der Waals surface area contributed by atoms with Crippen molar-refractivity contribution in [1.29, 1.82) is 0 Å². The molecule has 1 aromatic carbocycles. The lowest BCUT2D eigenvalue weighted by Crippen LogP contribution is -2.40. The third kappa shape index (κ3) is 5.70. The maximum absolute atomic E-state index is 12.1. The molecule has 1 atom stereocenters. The molecule has 0 spiro atoms. The molecular weight excluding hydrogens is 366 g/mol. The van der Waals surface area contributed by atoms with Crippen molar-refractivity contribution in [2.45, 2.75) is 19.3 Å². The summed E-state index contributed by atoms with van der Waals surface area (Å²) in [5, 5.41) is 6.26. The Morgan fingerprint density at radius 2 is 2.10 bits per heavy atom. The molecule has 0 radical (unpaired) electrons. The molecule has 2 heterocycles. The van der Waals surface area contributed by atoms with Crippen LogP contribution in [0.15, 0.2) is 53.8 Å². The van der Waals surface area contributed by atoms with Crippen LogP contribution in [0.4, 0.5) is 0 Å². The fraction of sp³-hybridized carbons (Fsp3) is 0.409. The Labute approximate surface area is 172 Å². The van der Waals surface area contributed by atoms with Gasteiger partial charge in [0.25, 0.3) is 5.91 Å². The molecule has 7 nitrogen and oxygen atoms in total. The van der Waals surface area contributed by atoms with E-state index in [1.165, 1.54) is 5.56 Å². The van der Waals surface area contributed by atoms with Crippen LogP contribution in [0.1, 0.15) is 35.2 Å². The fourth-order valence-corrected chi connectivity index (χ4v) is 3.46. The average Bonchev–Trinajstić information content (AvgIpc) is 3.26. The van der Waals surface area contributed by atoms with Crippen LogP contribution >= 0.6 is 0 Å². The second-order valence-electron chi connectivity index (χ2n) is 6.94. The highest BCUT2D eigenvalue weighted by atomic mass is 16.5. The van der Waals surface area contributed by atoms with Crippen molar-refractivity contribution in [2.24, 2.45) is 4.99 Å². The zero-order valence-electron chi connectivity index (χ0n) is 17.1. The van der Waals surface area contributed by atoms with E-state index in [1.807, 2.05) is 12.1 Å². The second kappa shape index (κ2) is 10.5. The third-order valence-corrected chi connectivity index (χ3v) is 4.99. The summed E-state index contributed by atoms with van der Waals surface area (Å²) in [6, 6.07) is 11.8. The lowest BCUT2D eigenvalue weighted by atomic mass is 9.98. The number of hydrogen-bond acceptors (Lipinski definition) is 4. The highest BCUT2D eigenvalue weighted by molar-refractivity contribution is 5.93. The van der Waals surface area contributed by atoms with E-state index in [0.717, 1.165) is 37.8 Å². The Morgan fingerprint density at radius 3 is 2.79 bits per heavy atom. The molecule has 3 rings (SSSR count). The van der Waals surface area contributed by atoms with Gasteiger partial charge in [-0.1, -0.05) is 12.1 Å². The van der Waals surface area contributed by atoms with E-state index in [4.69, 9.17) is 9.73 Å². The summed E-state index contributed by atoms with van der Waals surface area (Å²) in [5.74, 6) is 2.14. The average molecular weight is 396 g/mol. The third-order valence-electron chi connectivity index (χ3n) is 4.99. The second-order valence-corrected chi connectivity index (χ2v) is 6.94. The number of benzene rings is 1. The van der Waals surface area contributed by atoms with Crippen LogP contribution < -0.4 is 15.4 Å². The van der Waals surface area contributed by atoms with Gasteiger partial charge in [0.05, 0.1) is 19.2 Å². The first-order valence-corrected chi connectivity index (χ1v) is 10.1. The molecule has 0 bridgehead atoms. The maximum Gasteiger partial charge on any atom is 0.252 e. The van der Waals surface area contributed by atoms with E-state index >= 15 is 0 Å². The molecule has 1 aliphatic rings.